The molecule has 0 bridgehead atoms. The van der Waals surface area contributed by atoms with Crippen molar-refractivity contribution < 1.29 is 14.8 Å². The highest BCUT2D eigenvalue weighted by Gasteiger charge is 2.20. The molecule has 0 saturated carbocycles. The summed E-state index contributed by atoms with van der Waals surface area (Å²) in [5.41, 5.74) is 0.0619. The molecule has 0 aliphatic heterocycles. The number of nitrogens with one attached hydrogen (secondary N) is 1. The molecule has 1 amide bonds. The predicted molar refractivity (Wildman–Crippen MR) is 94.6 cm³/mol. The Kier molecular flexibility index (Phi) is 4.31. The molecule has 2 N–H and O–H groups in total. The third kappa shape index (κ3) is 3.01. The summed E-state index contributed by atoms with van der Waals surface area (Å²) in [4.78, 5) is 22.9. The molecule has 0 aliphatic carbocycles. The average molecular weight is 383 g/mol. The smallest absolute Gasteiger partial charge is 0.270 e. The number of non-ortho nitro benzene ring substituents is 1. The van der Waals surface area contributed by atoms with E-state index in [1.165, 1.54) is 36.4 Å². The molecule has 6 nitrogen and oxygen atoms in total. The molecule has 3 aromatic rings. The van der Waals surface area contributed by atoms with Crippen LogP contribution in [0.25, 0.3) is 10.1 Å². The van der Waals surface area contributed by atoms with Crippen LogP contribution in [0.2, 0.25) is 10.0 Å². The van der Waals surface area contributed by atoms with Crippen molar-refractivity contribution in [2.24, 2.45) is 0 Å². The number of fused-ring (bicyclic) bond motifs is 1. The third-order valence-corrected chi connectivity index (χ3v) is 5.13. The Morgan fingerprint density at radius 2 is 1.96 bits per heavy atom. The van der Waals surface area contributed by atoms with Crippen molar-refractivity contribution in [3.8, 4) is 5.75 Å². The number of carbonyl (C=O) groups is 1. The molecular weight excluding hydrogens is 375 g/mol. The highest BCUT2D eigenvalue weighted by molar-refractivity contribution is 7.21. The van der Waals surface area contributed by atoms with Crippen LogP contribution in [0.5, 0.6) is 5.75 Å². The highest BCUT2D eigenvalue weighted by Crippen LogP contribution is 2.38. The maximum Gasteiger partial charge on any atom is 0.270 e. The zero-order chi connectivity index (χ0) is 17.4. The summed E-state index contributed by atoms with van der Waals surface area (Å²) in [6.45, 7) is 0. The van der Waals surface area contributed by atoms with Crippen LogP contribution < -0.4 is 5.32 Å². The molecule has 2 aromatic carbocycles. The van der Waals surface area contributed by atoms with Gasteiger partial charge in [-0.25, -0.2) is 0 Å². The van der Waals surface area contributed by atoms with Gasteiger partial charge in [0.15, 0.2) is 0 Å². The van der Waals surface area contributed by atoms with Crippen molar-refractivity contribution in [1.82, 2.24) is 0 Å². The predicted octanol–water partition coefficient (Wildman–Crippen LogP) is 5.07. The van der Waals surface area contributed by atoms with Gasteiger partial charge in [0.2, 0.25) is 0 Å². The van der Waals surface area contributed by atoms with E-state index in [4.69, 9.17) is 23.2 Å². The number of phenols is 1. The number of rotatable bonds is 3. The monoisotopic (exact) mass is 382 g/mol. The molecule has 24 heavy (non-hydrogen) atoms. The molecule has 1 aromatic heterocycles. The maximum atomic E-state index is 12.4. The van der Waals surface area contributed by atoms with Crippen molar-refractivity contribution in [3.63, 3.8) is 0 Å². The second-order valence-electron chi connectivity index (χ2n) is 4.80. The number of hydrogen-bond donors (Lipinski definition) is 2. The SMILES string of the molecule is O=C(Nc1cc(Cl)ccc1O)c1sc2cc([N+](=O)[O-])ccc2c1Cl. The van der Waals surface area contributed by atoms with E-state index >= 15 is 0 Å². The lowest BCUT2D eigenvalue weighted by atomic mass is 10.2. The van der Waals surface area contributed by atoms with E-state index in [2.05, 4.69) is 5.32 Å². The Hall–Kier alpha value is -2.35. The topological polar surface area (TPSA) is 92.5 Å². The Labute approximate surface area is 149 Å². The van der Waals surface area contributed by atoms with Gasteiger partial charge in [-0.05, 0) is 24.3 Å². The van der Waals surface area contributed by atoms with Crippen molar-refractivity contribution in [3.05, 3.63) is 61.4 Å². The number of benzene rings is 2. The lowest BCUT2D eigenvalue weighted by molar-refractivity contribution is -0.384. The molecular formula is C15H8Cl2N2O4S. The summed E-state index contributed by atoms with van der Waals surface area (Å²) in [5, 5.41) is 24.2. The van der Waals surface area contributed by atoms with Gasteiger partial charge in [0, 0.05) is 27.2 Å². The second kappa shape index (κ2) is 6.27. The summed E-state index contributed by atoms with van der Waals surface area (Å²) in [7, 11) is 0. The fourth-order valence-electron chi connectivity index (χ4n) is 2.10. The molecule has 0 spiro atoms. The lowest BCUT2D eigenvalue weighted by Gasteiger charge is -2.06. The highest BCUT2D eigenvalue weighted by atomic mass is 35.5. The van der Waals surface area contributed by atoms with Gasteiger partial charge in [-0.3, -0.25) is 14.9 Å². The number of thiophene rings is 1. The molecule has 3 rings (SSSR count). The van der Waals surface area contributed by atoms with E-state index in [-0.39, 0.29) is 27.0 Å². The van der Waals surface area contributed by atoms with E-state index in [0.717, 1.165) is 11.3 Å². The molecule has 0 fully saturated rings. The summed E-state index contributed by atoms with van der Waals surface area (Å²) in [5.74, 6) is -0.679. The second-order valence-corrected chi connectivity index (χ2v) is 6.66. The minimum Gasteiger partial charge on any atom is -0.506 e. The zero-order valence-electron chi connectivity index (χ0n) is 11.7. The average Bonchev–Trinajstić information content (AvgIpc) is 2.87. The quantitative estimate of drug-likeness (QED) is 0.375. The normalized spacial score (nSPS) is 10.8. The van der Waals surface area contributed by atoms with Crippen LogP contribution in [0.4, 0.5) is 11.4 Å². The molecule has 122 valence electrons. The van der Waals surface area contributed by atoms with Gasteiger partial charge in [0.05, 0.1) is 15.6 Å². The first-order valence-electron chi connectivity index (χ1n) is 6.53. The first-order valence-corrected chi connectivity index (χ1v) is 8.10. The van der Waals surface area contributed by atoms with Crippen LogP contribution in [0.1, 0.15) is 9.67 Å². The number of halogens is 2. The minimum absolute atomic E-state index is 0.0835. The Morgan fingerprint density at radius 3 is 2.67 bits per heavy atom. The first-order chi connectivity index (χ1) is 11.4. The Balaban J connectivity index is 1.99. The van der Waals surface area contributed by atoms with E-state index < -0.39 is 10.8 Å². The number of aromatic hydroxyl groups is 1. The van der Waals surface area contributed by atoms with Crippen LogP contribution in [-0.4, -0.2) is 15.9 Å². The molecule has 0 aliphatic rings. The van der Waals surface area contributed by atoms with Crippen molar-refractivity contribution >= 4 is 61.9 Å². The van der Waals surface area contributed by atoms with E-state index in [0.29, 0.717) is 15.1 Å². The van der Waals surface area contributed by atoms with Crippen molar-refractivity contribution in [1.29, 1.82) is 0 Å². The Morgan fingerprint density at radius 1 is 1.21 bits per heavy atom. The fraction of sp³-hybridized carbons (Fsp3) is 0. The van der Waals surface area contributed by atoms with Crippen LogP contribution in [0, 0.1) is 10.1 Å². The van der Waals surface area contributed by atoms with Gasteiger partial charge < -0.3 is 10.4 Å². The number of nitro groups is 1. The number of amides is 1. The molecule has 0 radical (unpaired) electrons. The molecule has 0 unspecified atom stereocenters. The van der Waals surface area contributed by atoms with Crippen LogP contribution in [0.3, 0.4) is 0 Å². The number of carbonyl (C=O) groups excluding carboxylic acids is 1. The first kappa shape index (κ1) is 16.5. The zero-order valence-corrected chi connectivity index (χ0v) is 14.1. The van der Waals surface area contributed by atoms with Crippen molar-refractivity contribution in [2.75, 3.05) is 5.32 Å². The lowest BCUT2D eigenvalue weighted by Crippen LogP contribution is -2.10. The molecule has 0 saturated heterocycles. The van der Waals surface area contributed by atoms with Gasteiger partial charge in [0.1, 0.15) is 10.6 Å². The molecule has 0 atom stereocenters. The van der Waals surface area contributed by atoms with Gasteiger partial charge in [-0.15, -0.1) is 11.3 Å². The standard InChI is InChI=1S/C15H8Cl2N2O4S/c16-7-1-4-11(20)10(5-7)18-15(21)14-13(17)9-3-2-8(19(22)23)6-12(9)24-14/h1-6,20H,(H,18,21). The number of anilines is 1. The molecule has 1 heterocycles. The Bertz CT molecular complexity index is 987. The third-order valence-electron chi connectivity index (χ3n) is 3.24. The number of nitrogens with zero attached hydrogens (tertiary/aromatic N) is 1. The van der Waals surface area contributed by atoms with E-state index in [9.17, 15) is 20.0 Å². The minimum atomic E-state index is -0.540. The van der Waals surface area contributed by atoms with Gasteiger partial charge in [-0.2, -0.15) is 0 Å². The summed E-state index contributed by atoms with van der Waals surface area (Å²) < 4.78 is 0.523. The van der Waals surface area contributed by atoms with Crippen LogP contribution in [-0.2, 0) is 0 Å². The van der Waals surface area contributed by atoms with Crippen LogP contribution >= 0.6 is 34.5 Å². The van der Waals surface area contributed by atoms with Gasteiger partial charge in [-0.1, -0.05) is 23.2 Å². The van der Waals surface area contributed by atoms with E-state index in [1.807, 2.05) is 0 Å². The maximum absolute atomic E-state index is 12.4. The van der Waals surface area contributed by atoms with Gasteiger partial charge in [0.25, 0.3) is 11.6 Å². The number of phenolic OH excluding ortho intramolecular Hbond substituents is 1. The van der Waals surface area contributed by atoms with Crippen LogP contribution in [0.15, 0.2) is 36.4 Å². The van der Waals surface area contributed by atoms with Gasteiger partial charge >= 0.3 is 0 Å². The fourth-order valence-corrected chi connectivity index (χ4v) is 3.72. The van der Waals surface area contributed by atoms with E-state index in [1.54, 1.807) is 0 Å². The number of nitro benzene ring substituents is 1. The summed E-state index contributed by atoms with van der Waals surface area (Å²) in [6, 6.07) is 8.43. The van der Waals surface area contributed by atoms with Crippen molar-refractivity contribution in [2.45, 2.75) is 0 Å². The summed E-state index contributed by atoms with van der Waals surface area (Å²) in [6.07, 6.45) is 0. The number of hydrogen-bond acceptors (Lipinski definition) is 5. The summed E-state index contributed by atoms with van der Waals surface area (Å²) >= 11 is 13.1. The molecule has 9 heteroatoms. The largest absolute Gasteiger partial charge is 0.506 e.